The van der Waals surface area contributed by atoms with Crippen LogP contribution in [0.15, 0.2) is 0 Å². The molecule has 0 saturated carbocycles. The van der Waals surface area contributed by atoms with Crippen molar-refractivity contribution in [2.75, 3.05) is 4.43 Å². The van der Waals surface area contributed by atoms with Gasteiger partial charge in [-0.2, -0.15) is 0 Å². The Morgan fingerprint density at radius 3 is 2.50 bits per heavy atom. The van der Waals surface area contributed by atoms with Gasteiger partial charge < -0.3 is 5.32 Å². The summed E-state index contributed by atoms with van der Waals surface area (Å²) in [5.41, 5.74) is 0.830. The van der Waals surface area contributed by atoms with Crippen molar-refractivity contribution in [2.24, 2.45) is 5.92 Å². The summed E-state index contributed by atoms with van der Waals surface area (Å²) in [4.78, 5) is 17.0. The highest BCUT2D eigenvalue weighted by molar-refractivity contribution is 14.1. The molecule has 0 saturated heterocycles. The summed E-state index contributed by atoms with van der Waals surface area (Å²) in [5.74, 6) is 0.466. The third-order valence-electron chi connectivity index (χ3n) is 2.40. The molecule has 0 aliphatic rings. The van der Waals surface area contributed by atoms with Crippen LogP contribution < -0.4 is 5.32 Å². The van der Waals surface area contributed by atoms with Gasteiger partial charge in [-0.15, -0.1) is 11.3 Å². The molecule has 5 heteroatoms. The smallest absolute Gasteiger partial charge is 0.263 e. The molecule has 0 fully saturated rings. The standard InChI is InChI=1S/C11H17IN2OS/c1-6(2)9(5-12)14-11(15)10-7(3)13-8(4)16-10/h6,9H,5H2,1-4H3,(H,14,15). The van der Waals surface area contributed by atoms with E-state index in [-0.39, 0.29) is 11.9 Å². The van der Waals surface area contributed by atoms with Gasteiger partial charge in [-0.1, -0.05) is 36.4 Å². The van der Waals surface area contributed by atoms with Crippen LogP contribution >= 0.6 is 33.9 Å². The van der Waals surface area contributed by atoms with Gasteiger partial charge in [0.25, 0.3) is 5.91 Å². The van der Waals surface area contributed by atoms with Gasteiger partial charge in [-0.25, -0.2) is 4.98 Å². The molecule has 1 aromatic heterocycles. The number of alkyl halides is 1. The Labute approximate surface area is 114 Å². The minimum Gasteiger partial charge on any atom is -0.348 e. The Bertz CT molecular complexity index is 376. The first-order chi connectivity index (χ1) is 7.45. The van der Waals surface area contributed by atoms with E-state index in [1.54, 1.807) is 0 Å². The van der Waals surface area contributed by atoms with E-state index in [0.717, 1.165) is 20.0 Å². The van der Waals surface area contributed by atoms with E-state index in [0.29, 0.717) is 5.92 Å². The molecule has 0 bridgehead atoms. The number of amides is 1. The number of nitrogens with zero attached hydrogens (tertiary/aromatic N) is 1. The van der Waals surface area contributed by atoms with Crippen molar-refractivity contribution in [1.82, 2.24) is 10.3 Å². The van der Waals surface area contributed by atoms with Crippen LogP contribution in [0.5, 0.6) is 0 Å². The van der Waals surface area contributed by atoms with Crippen LogP contribution in [0.2, 0.25) is 0 Å². The molecule has 90 valence electrons. The number of hydrogen-bond acceptors (Lipinski definition) is 3. The minimum absolute atomic E-state index is 0.0125. The molecule has 1 amide bonds. The van der Waals surface area contributed by atoms with E-state index in [1.807, 2.05) is 13.8 Å². The quantitative estimate of drug-likeness (QED) is 0.669. The van der Waals surface area contributed by atoms with Crippen molar-refractivity contribution < 1.29 is 4.79 Å². The Morgan fingerprint density at radius 1 is 1.50 bits per heavy atom. The summed E-state index contributed by atoms with van der Waals surface area (Å²) < 4.78 is 0.929. The Morgan fingerprint density at radius 2 is 2.12 bits per heavy atom. The average molecular weight is 352 g/mol. The predicted molar refractivity (Wildman–Crippen MR) is 76.6 cm³/mol. The van der Waals surface area contributed by atoms with Gasteiger partial charge in [-0.3, -0.25) is 4.79 Å². The second-order valence-electron chi connectivity index (χ2n) is 4.13. The summed E-state index contributed by atoms with van der Waals surface area (Å²) in [7, 11) is 0. The maximum atomic E-state index is 12.0. The number of rotatable bonds is 4. The molecule has 16 heavy (non-hydrogen) atoms. The van der Waals surface area contributed by atoms with E-state index in [2.05, 4.69) is 46.7 Å². The van der Waals surface area contributed by atoms with Crippen molar-refractivity contribution in [1.29, 1.82) is 0 Å². The highest BCUT2D eigenvalue weighted by Gasteiger charge is 2.19. The first-order valence-electron chi connectivity index (χ1n) is 5.26. The van der Waals surface area contributed by atoms with Crippen molar-refractivity contribution >= 4 is 39.8 Å². The lowest BCUT2D eigenvalue weighted by Gasteiger charge is -2.19. The maximum Gasteiger partial charge on any atom is 0.263 e. The van der Waals surface area contributed by atoms with Gasteiger partial charge in [0, 0.05) is 10.5 Å². The van der Waals surface area contributed by atoms with E-state index >= 15 is 0 Å². The fourth-order valence-corrected chi connectivity index (χ4v) is 3.42. The van der Waals surface area contributed by atoms with Gasteiger partial charge in [-0.05, 0) is 19.8 Å². The Hall–Kier alpha value is -0.170. The van der Waals surface area contributed by atoms with Crippen molar-refractivity contribution in [2.45, 2.75) is 33.7 Å². The number of carbonyl (C=O) groups excluding carboxylic acids is 1. The molecular weight excluding hydrogens is 335 g/mol. The van der Waals surface area contributed by atoms with Crippen LogP contribution in [-0.4, -0.2) is 21.4 Å². The summed E-state index contributed by atoms with van der Waals surface area (Å²) >= 11 is 3.77. The molecule has 0 aliphatic carbocycles. The molecule has 1 unspecified atom stereocenters. The predicted octanol–water partition coefficient (Wildman–Crippen LogP) is 2.95. The lowest BCUT2D eigenvalue weighted by atomic mass is 10.1. The number of hydrogen-bond donors (Lipinski definition) is 1. The van der Waals surface area contributed by atoms with Gasteiger partial charge in [0.05, 0.1) is 10.7 Å². The molecule has 3 nitrogen and oxygen atoms in total. The third kappa shape index (κ3) is 3.41. The Balaban J connectivity index is 2.75. The van der Waals surface area contributed by atoms with Gasteiger partial charge in [0.2, 0.25) is 0 Å². The monoisotopic (exact) mass is 352 g/mol. The van der Waals surface area contributed by atoms with Crippen LogP contribution in [0.3, 0.4) is 0 Å². The fourth-order valence-electron chi connectivity index (χ4n) is 1.36. The van der Waals surface area contributed by atoms with Crippen LogP contribution in [0.4, 0.5) is 0 Å². The normalized spacial score (nSPS) is 12.9. The molecule has 1 heterocycles. The van der Waals surface area contributed by atoms with Crippen molar-refractivity contribution in [3.8, 4) is 0 Å². The van der Waals surface area contributed by atoms with Crippen molar-refractivity contribution in [3.63, 3.8) is 0 Å². The molecule has 0 aromatic carbocycles. The van der Waals surface area contributed by atoms with E-state index in [4.69, 9.17) is 0 Å². The number of aromatic nitrogens is 1. The van der Waals surface area contributed by atoms with Gasteiger partial charge >= 0.3 is 0 Å². The SMILES string of the molecule is Cc1nc(C)c(C(=O)NC(CI)C(C)C)s1. The van der Waals surface area contributed by atoms with Gasteiger partial charge in [0.15, 0.2) is 0 Å². The van der Waals surface area contributed by atoms with E-state index in [1.165, 1.54) is 11.3 Å². The molecule has 1 rings (SSSR count). The zero-order chi connectivity index (χ0) is 12.3. The molecule has 1 aromatic rings. The Kier molecular flexibility index (Phi) is 5.17. The average Bonchev–Trinajstić information content (AvgIpc) is 2.53. The van der Waals surface area contributed by atoms with E-state index in [9.17, 15) is 4.79 Å². The number of thiazole rings is 1. The summed E-state index contributed by atoms with van der Waals surface area (Å²) in [6.07, 6.45) is 0. The maximum absolute atomic E-state index is 12.0. The summed E-state index contributed by atoms with van der Waals surface area (Å²) in [6.45, 7) is 8.04. The molecule has 0 radical (unpaired) electrons. The topological polar surface area (TPSA) is 42.0 Å². The highest BCUT2D eigenvalue weighted by atomic mass is 127. The summed E-state index contributed by atoms with van der Waals surface area (Å²) in [6, 6.07) is 0.231. The van der Waals surface area contributed by atoms with Gasteiger partial charge in [0.1, 0.15) is 4.88 Å². The van der Waals surface area contributed by atoms with Crippen LogP contribution in [0, 0.1) is 19.8 Å². The molecule has 1 atom stereocenters. The zero-order valence-electron chi connectivity index (χ0n) is 10.0. The number of carbonyl (C=O) groups is 1. The highest BCUT2D eigenvalue weighted by Crippen LogP contribution is 2.17. The fraction of sp³-hybridized carbons (Fsp3) is 0.636. The van der Waals surface area contributed by atoms with Crippen LogP contribution in [0.25, 0.3) is 0 Å². The first kappa shape index (κ1) is 13.9. The van der Waals surface area contributed by atoms with E-state index < -0.39 is 0 Å². The summed E-state index contributed by atoms with van der Waals surface area (Å²) in [5, 5.41) is 4.00. The molecule has 0 aliphatic heterocycles. The van der Waals surface area contributed by atoms with Crippen LogP contribution in [0.1, 0.15) is 34.2 Å². The first-order valence-corrected chi connectivity index (χ1v) is 7.60. The third-order valence-corrected chi connectivity index (χ3v) is 4.42. The van der Waals surface area contributed by atoms with Crippen molar-refractivity contribution in [3.05, 3.63) is 15.6 Å². The second-order valence-corrected chi connectivity index (χ2v) is 6.21. The lowest BCUT2D eigenvalue weighted by molar-refractivity contribution is 0.0935. The minimum atomic E-state index is 0.0125. The number of halogens is 1. The number of nitrogens with one attached hydrogen (secondary N) is 1. The molecule has 1 N–H and O–H groups in total. The second kappa shape index (κ2) is 5.95. The van der Waals surface area contributed by atoms with Crippen LogP contribution in [-0.2, 0) is 0 Å². The number of aryl methyl sites for hydroxylation is 2. The molecular formula is C11H17IN2OS. The lowest BCUT2D eigenvalue weighted by Crippen LogP contribution is -2.39. The molecule has 0 spiro atoms. The zero-order valence-corrected chi connectivity index (χ0v) is 13.0. The largest absolute Gasteiger partial charge is 0.348 e.